The molecule has 0 heterocycles. The number of carbonyl (C=O) groups is 1. The summed E-state index contributed by atoms with van der Waals surface area (Å²) in [6.45, 7) is 2.27. The van der Waals surface area contributed by atoms with E-state index in [2.05, 4.69) is 6.92 Å². The standard InChI is InChI=1S/C24H47ClO/c1-2-3-4-5-6-9-12-15-18-21-24(26)22-19-16-13-10-7-8-11-14-17-20-23-25/h2-23H2,1H3. The van der Waals surface area contributed by atoms with Crippen LogP contribution in [0.5, 0.6) is 0 Å². The van der Waals surface area contributed by atoms with Gasteiger partial charge in [0, 0.05) is 18.7 Å². The summed E-state index contributed by atoms with van der Waals surface area (Å²) < 4.78 is 0. The summed E-state index contributed by atoms with van der Waals surface area (Å²) in [4.78, 5) is 11.9. The van der Waals surface area contributed by atoms with E-state index in [1.54, 1.807) is 0 Å². The highest BCUT2D eigenvalue weighted by atomic mass is 35.5. The number of alkyl halides is 1. The normalized spacial score (nSPS) is 11.2. The third-order valence-corrected chi connectivity index (χ3v) is 5.67. The van der Waals surface area contributed by atoms with Gasteiger partial charge in [0.25, 0.3) is 0 Å². The minimum absolute atomic E-state index is 0.507. The van der Waals surface area contributed by atoms with Crippen molar-refractivity contribution in [3.8, 4) is 0 Å². The van der Waals surface area contributed by atoms with E-state index in [1.165, 1.54) is 109 Å². The first kappa shape index (κ1) is 26.0. The lowest BCUT2D eigenvalue weighted by Gasteiger charge is -2.04. The topological polar surface area (TPSA) is 17.1 Å². The van der Waals surface area contributed by atoms with Crippen molar-refractivity contribution in [3.05, 3.63) is 0 Å². The number of unbranched alkanes of at least 4 members (excludes halogenated alkanes) is 17. The van der Waals surface area contributed by atoms with Gasteiger partial charge in [-0.25, -0.2) is 0 Å². The smallest absolute Gasteiger partial charge is 0.132 e. The quantitative estimate of drug-likeness (QED) is 0.134. The summed E-state index contributed by atoms with van der Waals surface area (Å²) in [5, 5.41) is 0. The number of halogens is 1. The van der Waals surface area contributed by atoms with Crippen molar-refractivity contribution in [3.63, 3.8) is 0 Å². The second-order valence-corrected chi connectivity index (χ2v) is 8.47. The van der Waals surface area contributed by atoms with Crippen LogP contribution in [0.3, 0.4) is 0 Å². The molecule has 2 heteroatoms. The molecule has 0 aliphatic rings. The molecule has 26 heavy (non-hydrogen) atoms. The number of hydrogen-bond donors (Lipinski definition) is 0. The summed E-state index contributed by atoms with van der Waals surface area (Å²) in [6.07, 6.45) is 26.6. The molecule has 156 valence electrons. The fraction of sp³-hybridized carbons (Fsp3) is 0.958. The van der Waals surface area contributed by atoms with E-state index in [9.17, 15) is 4.79 Å². The first-order valence-electron chi connectivity index (χ1n) is 11.9. The molecule has 0 aromatic rings. The molecule has 0 radical (unpaired) electrons. The van der Waals surface area contributed by atoms with E-state index in [0.29, 0.717) is 5.78 Å². The SMILES string of the molecule is CCCCCCCCCCCC(=O)CCCCCCCCCCCCCl. The predicted octanol–water partition coefficient (Wildman–Crippen LogP) is 9.01. The highest BCUT2D eigenvalue weighted by Gasteiger charge is 2.02. The van der Waals surface area contributed by atoms with Gasteiger partial charge in [-0.2, -0.15) is 0 Å². The minimum atomic E-state index is 0.507. The zero-order valence-electron chi connectivity index (χ0n) is 17.8. The molecule has 0 spiro atoms. The zero-order chi connectivity index (χ0) is 19.1. The predicted molar refractivity (Wildman–Crippen MR) is 118 cm³/mol. The number of ketones is 1. The molecule has 0 bridgehead atoms. The Labute approximate surface area is 170 Å². The van der Waals surface area contributed by atoms with E-state index < -0.39 is 0 Å². The van der Waals surface area contributed by atoms with E-state index in [-0.39, 0.29) is 0 Å². The van der Waals surface area contributed by atoms with E-state index in [4.69, 9.17) is 11.6 Å². The van der Waals surface area contributed by atoms with Crippen LogP contribution in [0.15, 0.2) is 0 Å². The van der Waals surface area contributed by atoms with Crippen molar-refractivity contribution < 1.29 is 4.79 Å². The summed E-state index contributed by atoms with van der Waals surface area (Å²) in [7, 11) is 0. The van der Waals surface area contributed by atoms with Crippen LogP contribution in [0.4, 0.5) is 0 Å². The van der Waals surface area contributed by atoms with Crippen molar-refractivity contribution in [2.24, 2.45) is 0 Å². The summed E-state index contributed by atoms with van der Waals surface area (Å²) in [5.74, 6) is 1.32. The molecule has 0 aromatic heterocycles. The molecule has 0 rings (SSSR count). The van der Waals surface area contributed by atoms with Gasteiger partial charge in [-0.1, -0.05) is 110 Å². The van der Waals surface area contributed by atoms with Crippen molar-refractivity contribution in [1.29, 1.82) is 0 Å². The molecule has 0 N–H and O–H groups in total. The Bertz CT molecular complexity index is 277. The summed E-state index contributed by atoms with van der Waals surface area (Å²) in [5.41, 5.74) is 0. The molecule has 0 atom stereocenters. The van der Waals surface area contributed by atoms with E-state index >= 15 is 0 Å². The van der Waals surface area contributed by atoms with Gasteiger partial charge in [0.1, 0.15) is 5.78 Å². The molecule has 0 fully saturated rings. The van der Waals surface area contributed by atoms with Crippen LogP contribution >= 0.6 is 11.6 Å². The third-order valence-electron chi connectivity index (χ3n) is 5.40. The Morgan fingerprint density at radius 3 is 1.15 bits per heavy atom. The fourth-order valence-corrected chi connectivity index (χ4v) is 3.78. The van der Waals surface area contributed by atoms with Gasteiger partial charge in [-0.05, 0) is 19.3 Å². The second kappa shape index (κ2) is 23.0. The molecule has 0 aromatic carbocycles. The Hall–Kier alpha value is -0.0400. The van der Waals surface area contributed by atoms with Gasteiger partial charge < -0.3 is 0 Å². The lowest BCUT2D eigenvalue weighted by Crippen LogP contribution is -1.97. The van der Waals surface area contributed by atoms with Crippen molar-refractivity contribution in [1.82, 2.24) is 0 Å². The lowest BCUT2D eigenvalue weighted by atomic mass is 10.0. The maximum atomic E-state index is 11.9. The molecule has 0 aliphatic heterocycles. The molecular formula is C24H47ClO. The first-order chi connectivity index (χ1) is 12.8. The summed E-state index contributed by atoms with van der Waals surface area (Å²) in [6, 6.07) is 0. The monoisotopic (exact) mass is 386 g/mol. The fourth-order valence-electron chi connectivity index (χ4n) is 3.59. The number of rotatable bonds is 22. The van der Waals surface area contributed by atoms with Gasteiger partial charge in [0.15, 0.2) is 0 Å². The molecule has 0 amide bonds. The first-order valence-corrected chi connectivity index (χ1v) is 12.4. The highest BCUT2D eigenvalue weighted by Crippen LogP contribution is 2.14. The van der Waals surface area contributed by atoms with Gasteiger partial charge >= 0.3 is 0 Å². The Balaban J connectivity index is 3.13. The Kier molecular flexibility index (Phi) is 23.0. The van der Waals surface area contributed by atoms with Gasteiger partial charge in [0.2, 0.25) is 0 Å². The van der Waals surface area contributed by atoms with Crippen LogP contribution < -0.4 is 0 Å². The van der Waals surface area contributed by atoms with Crippen molar-refractivity contribution >= 4 is 17.4 Å². The number of hydrogen-bond acceptors (Lipinski definition) is 1. The number of carbonyl (C=O) groups excluding carboxylic acids is 1. The van der Waals surface area contributed by atoms with Crippen molar-refractivity contribution in [2.45, 2.75) is 142 Å². The van der Waals surface area contributed by atoms with Crippen LogP contribution in [0.2, 0.25) is 0 Å². The summed E-state index contributed by atoms with van der Waals surface area (Å²) >= 11 is 5.68. The van der Waals surface area contributed by atoms with Crippen LogP contribution in [-0.4, -0.2) is 11.7 Å². The average molecular weight is 387 g/mol. The van der Waals surface area contributed by atoms with Crippen LogP contribution in [0.25, 0.3) is 0 Å². The molecule has 0 saturated carbocycles. The molecule has 0 saturated heterocycles. The molecule has 0 unspecified atom stereocenters. The van der Waals surface area contributed by atoms with Gasteiger partial charge in [0.05, 0.1) is 0 Å². The van der Waals surface area contributed by atoms with Crippen LogP contribution in [0, 0.1) is 0 Å². The van der Waals surface area contributed by atoms with Crippen LogP contribution in [0.1, 0.15) is 142 Å². The largest absolute Gasteiger partial charge is 0.300 e. The highest BCUT2D eigenvalue weighted by molar-refractivity contribution is 6.17. The molecule has 0 aliphatic carbocycles. The lowest BCUT2D eigenvalue weighted by molar-refractivity contribution is -0.119. The maximum absolute atomic E-state index is 11.9. The minimum Gasteiger partial charge on any atom is -0.300 e. The second-order valence-electron chi connectivity index (χ2n) is 8.09. The Morgan fingerprint density at radius 2 is 0.808 bits per heavy atom. The van der Waals surface area contributed by atoms with Crippen molar-refractivity contribution in [2.75, 3.05) is 5.88 Å². The molecular weight excluding hydrogens is 340 g/mol. The third kappa shape index (κ3) is 22.0. The van der Waals surface area contributed by atoms with Gasteiger partial charge in [-0.3, -0.25) is 4.79 Å². The number of Topliss-reactive ketones (excluding diaryl/α,β-unsaturated/α-hetero) is 1. The molecule has 1 nitrogen and oxygen atoms in total. The van der Waals surface area contributed by atoms with Crippen LogP contribution in [-0.2, 0) is 4.79 Å². The van der Waals surface area contributed by atoms with E-state index in [0.717, 1.165) is 31.6 Å². The van der Waals surface area contributed by atoms with E-state index in [1.807, 2.05) is 0 Å². The Morgan fingerprint density at radius 1 is 0.500 bits per heavy atom. The maximum Gasteiger partial charge on any atom is 0.132 e. The average Bonchev–Trinajstić information content (AvgIpc) is 2.64. The zero-order valence-corrected chi connectivity index (χ0v) is 18.6. The van der Waals surface area contributed by atoms with Gasteiger partial charge in [-0.15, -0.1) is 11.6 Å².